The summed E-state index contributed by atoms with van der Waals surface area (Å²) in [5, 5.41) is 29.8. The molecule has 2 atom stereocenters. The first-order valence-electron chi connectivity index (χ1n) is 7.39. The molecule has 0 saturated carbocycles. The molecular weight excluding hydrogens is 358 g/mol. The number of carbonyl (C=O) groups is 1. The van der Waals surface area contributed by atoms with Crippen molar-refractivity contribution in [2.75, 3.05) is 19.6 Å². The molecule has 1 aromatic rings. The Kier molecular flexibility index (Phi) is 6.59. The van der Waals surface area contributed by atoms with Gasteiger partial charge >= 0.3 is 0 Å². The van der Waals surface area contributed by atoms with Crippen LogP contribution in [0.15, 0.2) is 23.1 Å². The van der Waals surface area contributed by atoms with Crippen LogP contribution in [0.25, 0.3) is 0 Å². The lowest BCUT2D eigenvalue weighted by Gasteiger charge is -2.43. The van der Waals surface area contributed by atoms with Crippen molar-refractivity contribution >= 4 is 28.3 Å². The van der Waals surface area contributed by atoms with E-state index in [2.05, 4.69) is 5.32 Å². The number of sulfonamides is 1. The molecule has 1 amide bonds. The van der Waals surface area contributed by atoms with E-state index in [4.69, 9.17) is 5.14 Å². The number of hydrogen-bond acceptors (Lipinski definition) is 5. The quantitative estimate of drug-likeness (QED) is 0.511. The SMILES string of the molecule is CC[N+]1([O-])CCCC1CNC(=O)c1cc(S(N)(=O)=O)ccc1O.Cl. The number of nitrogens with zero attached hydrogens (tertiary/aromatic N) is 1. The highest BCUT2D eigenvalue weighted by atomic mass is 35.5. The van der Waals surface area contributed by atoms with E-state index in [1.807, 2.05) is 6.92 Å². The number of likely N-dealkylation sites (tertiary alicyclic amines) is 1. The van der Waals surface area contributed by atoms with E-state index in [1.54, 1.807) is 0 Å². The van der Waals surface area contributed by atoms with Crippen LogP contribution in [-0.4, -0.2) is 49.8 Å². The summed E-state index contributed by atoms with van der Waals surface area (Å²) in [7, 11) is -3.97. The van der Waals surface area contributed by atoms with Crippen LogP contribution in [0.5, 0.6) is 5.75 Å². The van der Waals surface area contributed by atoms with Crippen molar-refractivity contribution in [1.29, 1.82) is 0 Å². The number of phenolic OH excluding ortho intramolecular Hbond substituents is 1. The van der Waals surface area contributed by atoms with Crippen molar-refractivity contribution in [2.45, 2.75) is 30.7 Å². The van der Waals surface area contributed by atoms with Crippen LogP contribution < -0.4 is 10.5 Å². The van der Waals surface area contributed by atoms with Crippen LogP contribution in [0, 0.1) is 5.21 Å². The second-order valence-corrected chi connectivity index (χ2v) is 7.28. The van der Waals surface area contributed by atoms with Crippen molar-refractivity contribution in [2.24, 2.45) is 5.14 Å². The van der Waals surface area contributed by atoms with Gasteiger partial charge in [0.1, 0.15) is 11.8 Å². The fourth-order valence-electron chi connectivity index (χ4n) is 2.88. The van der Waals surface area contributed by atoms with E-state index >= 15 is 0 Å². The van der Waals surface area contributed by atoms with Gasteiger partial charge in [-0.3, -0.25) is 4.79 Å². The van der Waals surface area contributed by atoms with Gasteiger partial charge < -0.3 is 20.3 Å². The summed E-state index contributed by atoms with van der Waals surface area (Å²) in [6, 6.07) is 3.01. The maximum atomic E-state index is 12.4. The Bertz CT molecular complexity index is 712. The molecule has 1 aromatic carbocycles. The van der Waals surface area contributed by atoms with Gasteiger partial charge in [-0.2, -0.15) is 0 Å². The number of carbonyl (C=O) groups excluding carboxylic acids is 1. The van der Waals surface area contributed by atoms with Gasteiger partial charge in [-0.1, -0.05) is 0 Å². The summed E-state index contributed by atoms with van der Waals surface area (Å²) in [5.41, 5.74) is -0.185. The molecule has 2 unspecified atom stereocenters. The smallest absolute Gasteiger partial charge is 0.255 e. The van der Waals surface area contributed by atoms with E-state index in [1.165, 1.54) is 0 Å². The van der Waals surface area contributed by atoms with Gasteiger partial charge in [0.05, 0.1) is 30.1 Å². The van der Waals surface area contributed by atoms with Crippen LogP contribution in [0.4, 0.5) is 0 Å². The Morgan fingerprint density at radius 1 is 1.50 bits per heavy atom. The molecule has 1 fully saturated rings. The van der Waals surface area contributed by atoms with Crippen LogP contribution in [0.3, 0.4) is 0 Å². The highest BCUT2D eigenvalue weighted by Crippen LogP contribution is 2.25. The largest absolute Gasteiger partial charge is 0.633 e. The molecule has 0 aliphatic carbocycles. The molecule has 0 aromatic heterocycles. The van der Waals surface area contributed by atoms with Crippen molar-refractivity contribution in [3.8, 4) is 5.75 Å². The second kappa shape index (κ2) is 7.66. The lowest BCUT2D eigenvalue weighted by atomic mass is 10.1. The number of phenols is 1. The number of primary sulfonamides is 1. The highest BCUT2D eigenvalue weighted by molar-refractivity contribution is 7.89. The number of rotatable bonds is 5. The number of likely N-dealkylation sites (N-methyl/N-ethyl adjacent to an activating group) is 1. The Hall–Kier alpha value is -1.39. The molecule has 10 heteroatoms. The molecule has 8 nitrogen and oxygen atoms in total. The van der Waals surface area contributed by atoms with Gasteiger partial charge in [0, 0.05) is 12.8 Å². The van der Waals surface area contributed by atoms with Gasteiger partial charge in [-0.05, 0) is 25.1 Å². The molecule has 0 radical (unpaired) electrons. The third-order valence-corrected chi connectivity index (χ3v) is 5.23. The van der Waals surface area contributed by atoms with Gasteiger partial charge in [0.25, 0.3) is 5.91 Å². The lowest BCUT2D eigenvalue weighted by Crippen LogP contribution is -2.51. The van der Waals surface area contributed by atoms with Gasteiger partial charge in [0.15, 0.2) is 0 Å². The Balaban J connectivity index is 0.00000288. The maximum Gasteiger partial charge on any atom is 0.255 e. The minimum absolute atomic E-state index is 0. The summed E-state index contributed by atoms with van der Waals surface area (Å²) in [6.07, 6.45) is 1.53. The molecule has 0 bridgehead atoms. The highest BCUT2D eigenvalue weighted by Gasteiger charge is 2.33. The molecular formula is C14H22ClN3O5S. The summed E-state index contributed by atoms with van der Waals surface area (Å²) < 4.78 is 22.3. The van der Waals surface area contributed by atoms with E-state index in [0.29, 0.717) is 13.1 Å². The summed E-state index contributed by atoms with van der Waals surface area (Å²) in [6.45, 7) is 2.96. The molecule has 1 saturated heterocycles. The average Bonchev–Trinajstić information content (AvgIpc) is 2.86. The first kappa shape index (κ1) is 20.7. The fourth-order valence-corrected chi connectivity index (χ4v) is 3.42. The van der Waals surface area contributed by atoms with Crippen LogP contribution in [-0.2, 0) is 10.0 Å². The van der Waals surface area contributed by atoms with E-state index < -0.39 is 15.9 Å². The second-order valence-electron chi connectivity index (χ2n) is 5.72. The number of nitrogens with one attached hydrogen (secondary N) is 1. The first-order chi connectivity index (χ1) is 10.7. The van der Waals surface area contributed by atoms with Gasteiger partial charge in [-0.25, -0.2) is 13.6 Å². The van der Waals surface area contributed by atoms with Crippen molar-refractivity contribution in [1.82, 2.24) is 5.32 Å². The number of nitrogens with two attached hydrogens (primary N) is 1. The predicted octanol–water partition coefficient (Wildman–Crippen LogP) is 0.688. The molecule has 0 spiro atoms. The normalized spacial score (nSPS) is 23.5. The fraction of sp³-hybridized carbons (Fsp3) is 0.500. The predicted molar refractivity (Wildman–Crippen MR) is 91.1 cm³/mol. The Morgan fingerprint density at radius 3 is 2.75 bits per heavy atom. The van der Waals surface area contributed by atoms with E-state index in [9.17, 15) is 23.5 Å². The number of halogens is 1. The zero-order chi connectivity index (χ0) is 17.3. The standard InChI is InChI=1S/C14H21N3O5S.ClH/c1-2-17(20)7-3-4-10(17)9-16-14(19)12-8-11(23(15,21)22)5-6-13(12)18;/h5-6,8,10,18H,2-4,7,9H2,1H3,(H,16,19)(H2,15,21,22);1H. The Morgan fingerprint density at radius 2 is 2.17 bits per heavy atom. The van der Waals surface area contributed by atoms with E-state index in [0.717, 1.165) is 31.0 Å². The third kappa shape index (κ3) is 4.37. The van der Waals surface area contributed by atoms with Crippen molar-refractivity contribution < 1.29 is 23.0 Å². The molecule has 1 aliphatic heterocycles. The zero-order valence-electron chi connectivity index (χ0n) is 13.3. The maximum absolute atomic E-state index is 12.4. The van der Waals surface area contributed by atoms with Crippen LogP contribution in [0.2, 0.25) is 0 Å². The third-order valence-electron chi connectivity index (χ3n) is 4.31. The van der Waals surface area contributed by atoms with E-state index in [-0.39, 0.29) is 45.8 Å². The molecule has 136 valence electrons. The number of quaternary nitrogens is 1. The summed E-state index contributed by atoms with van der Waals surface area (Å²) >= 11 is 0. The Labute approximate surface area is 147 Å². The molecule has 24 heavy (non-hydrogen) atoms. The summed E-state index contributed by atoms with van der Waals surface area (Å²) in [5.74, 6) is -0.984. The average molecular weight is 380 g/mol. The summed E-state index contributed by atoms with van der Waals surface area (Å²) in [4.78, 5) is 11.9. The number of amides is 1. The minimum atomic E-state index is -3.97. The topological polar surface area (TPSA) is 133 Å². The first-order valence-corrected chi connectivity index (χ1v) is 8.94. The number of aromatic hydroxyl groups is 1. The van der Waals surface area contributed by atoms with Crippen molar-refractivity contribution in [3.05, 3.63) is 29.0 Å². The molecule has 1 heterocycles. The van der Waals surface area contributed by atoms with Crippen molar-refractivity contribution in [3.63, 3.8) is 0 Å². The molecule has 4 N–H and O–H groups in total. The number of hydrogen-bond donors (Lipinski definition) is 3. The number of hydroxylamine groups is 3. The van der Waals surface area contributed by atoms with Crippen LogP contribution in [0.1, 0.15) is 30.1 Å². The molecule has 1 aliphatic rings. The minimum Gasteiger partial charge on any atom is -0.633 e. The zero-order valence-corrected chi connectivity index (χ0v) is 14.9. The lowest BCUT2D eigenvalue weighted by molar-refractivity contribution is -0.889. The molecule has 2 rings (SSSR count). The monoisotopic (exact) mass is 379 g/mol. The van der Waals surface area contributed by atoms with Gasteiger partial charge in [-0.15, -0.1) is 12.4 Å². The number of benzene rings is 1. The van der Waals surface area contributed by atoms with Crippen LogP contribution >= 0.6 is 12.4 Å². The van der Waals surface area contributed by atoms with Gasteiger partial charge in [0.2, 0.25) is 10.0 Å².